The fourth-order valence-corrected chi connectivity index (χ4v) is 4.06. The third kappa shape index (κ3) is 2.81. The van der Waals surface area contributed by atoms with Crippen LogP contribution >= 0.6 is 0 Å². The molecular formula is C11H20N4O3S. The van der Waals surface area contributed by atoms with E-state index in [2.05, 4.69) is 10.1 Å². The Labute approximate surface area is 113 Å². The van der Waals surface area contributed by atoms with E-state index in [9.17, 15) is 8.42 Å². The van der Waals surface area contributed by atoms with Gasteiger partial charge in [-0.1, -0.05) is 5.16 Å². The van der Waals surface area contributed by atoms with Crippen molar-refractivity contribution in [1.29, 1.82) is 0 Å². The van der Waals surface area contributed by atoms with Crippen molar-refractivity contribution >= 4 is 10.0 Å². The van der Waals surface area contributed by atoms with E-state index < -0.39 is 10.0 Å². The smallest absolute Gasteiger partial charge is 0.248 e. The minimum atomic E-state index is -3.50. The molecule has 0 bridgehead atoms. The topological polar surface area (TPSA) is 92.7 Å². The highest BCUT2D eigenvalue weighted by Crippen LogP contribution is 2.23. The van der Waals surface area contributed by atoms with Crippen LogP contribution in [0.1, 0.15) is 11.5 Å². The summed E-state index contributed by atoms with van der Waals surface area (Å²) in [6.07, 6.45) is 0. The van der Waals surface area contributed by atoms with E-state index in [0.29, 0.717) is 44.2 Å². The third-order valence-electron chi connectivity index (χ3n) is 3.34. The van der Waals surface area contributed by atoms with Crippen molar-refractivity contribution in [1.82, 2.24) is 14.4 Å². The Bertz CT molecular complexity index is 513. The fourth-order valence-electron chi connectivity index (χ4n) is 2.35. The van der Waals surface area contributed by atoms with Crippen LogP contribution in [0.25, 0.3) is 0 Å². The quantitative estimate of drug-likeness (QED) is 0.807. The molecule has 19 heavy (non-hydrogen) atoms. The second-order valence-corrected chi connectivity index (χ2v) is 6.56. The number of aromatic nitrogens is 1. The molecule has 1 aliphatic rings. The Morgan fingerprint density at radius 2 is 1.89 bits per heavy atom. The summed E-state index contributed by atoms with van der Waals surface area (Å²) in [5.74, 6) is 0.349. The summed E-state index contributed by atoms with van der Waals surface area (Å²) in [7, 11) is -3.50. The van der Waals surface area contributed by atoms with Crippen molar-refractivity contribution in [3.63, 3.8) is 0 Å². The average Bonchev–Trinajstić information content (AvgIpc) is 2.70. The zero-order valence-corrected chi connectivity index (χ0v) is 12.1. The number of nitrogens with zero attached hydrogens (tertiary/aromatic N) is 3. The summed E-state index contributed by atoms with van der Waals surface area (Å²) in [6.45, 7) is 7.04. The van der Waals surface area contributed by atoms with Gasteiger partial charge < -0.3 is 10.3 Å². The van der Waals surface area contributed by atoms with Crippen molar-refractivity contribution in [2.45, 2.75) is 18.7 Å². The molecule has 0 unspecified atom stereocenters. The Morgan fingerprint density at radius 3 is 2.37 bits per heavy atom. The van der Waals surface area contributed by atoms with E-state index in [1.807, 2.05) is 0 Å². The molecule has 2 N–H and O–H groups in total. The number of hydrogen-bond acceptors (Lipinski definition) is 6. The number of piperazine rings is 1. The van der Waals surface area contributed by atoms with Crippen LogP contribution in [0, 0.1) is 13.8 Å². The molecule has 0 amide bonds. The lowest BCUT2D eigenvalue weighted by Crippen LogP contribution is -2.49. The van der Waals surface area contributed by atoms with E-state index in [1.165, 1.54) is 4.31 Å². The van der Waals surface area contributed by atoms with Crippen LogP contribution in [-0.2, 0) is 10.0 Å². The first-order valence-electron chi connectivity index (χ1n) is 6.32. The van der Waals surface area contributed by atoms with E-state index in [4.69, 9.17) is 10.3 Å². The lowest BCUT2D eigenvalue weighted by atomic mass is 10.3. The third-order valence-corrected chi connectivity index (χ3v) is 5.49. The summed E-state index contributed by atoms with van der Waals surface area (Å²) < 4.78 is 31.5. The monoisotopic (exact) mass is 288 g/mol. The first kappa shape index (κ1) is 14.4. The molecule has 8 heteroatoms. The lowest BCUT2D eigenvalue weighted by molar-refractivity contribution is 0.192. The number of rotatable bonds is 4. The molecule has 1 fully saturated rings. The van der Waals surface area contributed by atoms with Gasteiger partial charge in [0.15, 0.2) is 5.76 Å². The maximum absolute atomic E-state index is 12.5. The molecule has 108 valence electrons. The van der Waals surface area contributed by atoms with Gasteiger partial charge in [-0.25, -0.2) is 8.42 Å². The molecule has 7 nitrogen and oxygen atoms in total. The normalized spacial score (nSPS) is 18.9. The Morgan fingerprint density at radius 1 is 1.26 bits per heavy atom. The Kier molecular flexibility index (Phi) is 4.24. The van der Waals surface area contributed by atoms with Crippen molar-refractivity contribution in [2.24, 2.45) is 5.73 Å². The van der Waals surface area contributed by atoms with Crippen LogP contribution in [0.5, 0.6) is 0 Å². The second-order valence-electron chi connectivity index (χ2n) is 4.69. The first-order valence-corrected chi connectivity index (χ1v) is 7.76. The zero-order chi connectivity index (χ0) is 14.0. The van der Waals surface area contributed by atoms with Crippen molar-refractivity contribution in [2.75, 3.05) is 39.3 Å². The van der Waals surface area contributed by atoms with Crippen LogP contribution in [0.3, 0.4) is 0 Å². The highest BCUT2D eigenvalue weighted by Gasteiger charge is 2.32. The van der Waals surface area contributed by atoms with Gasteiger partial charge in [0.05, 0.1) is 0 Å². The average molecular weight is 288 g/mol. The Balaban J connectivity index is 2.15. The summed E-state index contributed by atoms with van der Waals surface area (Å²) >= 11 is 0. The van der Waals surface area contributed by atoms with Gasteiger partial charge in [-0.2, -0.15) is 4.31 Å². The largest absolute Gasteiger partial charge is 0.360 e. The predicted molar refractivity (Wildman–Crippen MR) is 70.2 cm³/mol. The number of aryl methyl sites for hydroxylation is 2. The summed E-state index contributed by atoms with van der Waals surface area (Å²) in [4.78, 5) is 2.37. The van der Waals surface area contributed by atoms with Gasteiger partial charge in [0, 0.05) is 39.3 Å². The summed E-state index contributed by atoms with van der Waals surface area (Å²) in [5.41, 5.74) is 5.92. The number of nitrogens with two attached hydrogens (primary N) is 1. The van der Waals surface area contributed by atoms with E-state index in [0.717, 1.165) is 6.54 Å². The SMILES string of the molecule is Cc1noc(C)c1S(=O)(=O)N1CCN(CCN)CC1. The highest BCUT2D eigenvalue weighted by atomic mass is 32.2. The predicted octanol–water partition coefficient (Wildman–Crippen LogP) is -0.444. The maximum Gasteiger partial charge on any atom is 0.248 e. The molecule has 2 rings (SSSR count). The minimum Gasteiger partial charge on any atom is -0.360 e. The van der Waals surface area contributed by atoms with Crippen LogP contribution in [0.4, 0.5) is 0 Å². The standard InChI is InChI=1S/C11H20N4O3S/c1-9-11(10(2)18-13-9)19(16,17)15-7-5-14(4-3-12)6-8-15/h3-8,12H2,1-2H3. The fraction of sp³-hybridized carbons (Fsp3) is 0.727. The van der Waals surface area contributed by atoms with Gasteiger partial charge in [0.25, 0.3) is 0 Å². The molecule has 1 aromatic rings. The summed E-state index contributed by atoms with van der Waals surface area (Å²) in [6, 6.07) is 0. The molecule has 0 aromatic carbocycles. The van der Waals surface area contributed by atoms with Crippen LogP contribution in [-0.4, -0.2) is 62.0 Å². The molecule has 0 radical (unpaired) electrons. The van der Waals surface area contributed by atoms with Gasteiger partial charge in [0.1, 0.15) is 10.6 Å². The molecule has 0 aliphatic carbocycles. The first-order chi connectivity index (χ1) is 8.96. The number of hydrogen-bond donors (Lipinski definition) is 1. The lowest BCUT2D eigenvalue weighted by Gasteiger charge is -2.33. The molecule has 0 spiro atoms. The molecular weight excluding hydrogens is 268 g/mol. The van der Waals surface area contributed by atoms with E-state index in [1.54, 1.807) is 13.8 Å². The number of sulfonamides is 1. The van der Waals surface area contributed by atoms with Gasteiger partial charge in [-0.3, -0.25) is 4.90 Å². The van der Waals surface area contributed by atoms with Crippen molar-refractivity contribution < 1.29 is 12.9 Å². The molecule has 2 heterocycles. The molecule has 1 aliphatic heterocycles. The van der Waals surface area contributed by atoms with Crippen molar-refractivity contribution in [3.05, 3.63) is 11.5 Å². The van der Waals surface area contributed by atoms with Crippen molar-refractivity contribution in [3.8, 4) is 0 Å². The Hall–Kier alpha value is -0.960. The van der Waals surface area contributed by atoms with Crippen LogP contribution < -0.4 is 5.73 Å². The minimum absolute atomic E-state index is 0.208. The summed E-state index contributed by atoms with van der Waals surface area (Å²) in [5, 5.41) is 3.71. The van der Waals surface area contributed by atoms with Gasteiger partial charge >= 0.3 is 0 Å². The molecule has 0 saturated carbocycles. The van der Waals surface area contributed by atoms with E-state index in [-0.39, 0.29) is 4.90 Å². The second kappa shape index (κ2) is 5.58. The van der Waals surface area contributed by atoms with Gasteiger partial charge in [0.2, 0.25) is 10.0 Å². The van der Waals surface area contributed by atoms with Crippen LogP contribution in [0.15, 0.2) is 9.42 Å². The highest BCUT2D eigenvalue weighted by molar-refractivity contribution is 7.89. The molecule has 1 saturated heterocycles. The van der Waals surface area contributed by atoms with Gasteiger partial charge in [-0.05, 0) is 13.8 Å². The van der Waals surface area contributed by atoms with Gasteiger partial charge in [-0.15, -0.1) is 0 Å². The van der Waals surface area contributed by atoms with Crippen LogP contribution in [0.2, 0.25) is 0 Å². The molecule has 1 aromatic heterocycles. The maximum atomic E-state index is 12.5. The van der Waals surface area contributed by atoms with E-state index >= 15 is 0 Å². The molecule has 0 atom stereocenters. The zero-order valence-electron chi connectivity index (χ0n) is 11.3.